The molecular formula is C21H21NO3. The predicted octanol–water partition coefficient (Wildman–Crippen LogP) is 4.05. The number of carboxylic acid groups (broad SMARTS) is 1. The lowest BCUT2D eigenvalue weighted by atomic mass is 9.86. The van der Waals surface area contributed by atoms with Crippen molar-refractivity contribution in [2.75, 3.05) is 0 Å². The summed E-state index contributed by atoms with van der Waals surface area (Å²) in [5.74, 6) is -0.970. The first-order chi connectivity index (χ1) is 11.8. The molecule has 0 bridgehead atoms. The van der Waals surface area contributed by atoms with Gasteiger partial charge in [0.25, 0.3) is 5.56 Å². The van der Waals surface area contributed by atoms with E-state index in [2.05, 4.69) is 26.8 Å². The van der Waals surface area contributed by atoms with Gasteiger partial charge in [-0.2, -0.15) is 0 Å². The van der Waals surface area contributed by atoms with Crippen LogP contribution >= 0.6 is 0 Å². The lowest BCUT2D eigenvalue weighted by Crippen LogP contribution is -2.21. The molecule has 0 aliphatic heterocycles. The largest absolute Gasteiger partial charge is 0.478 e. The standard InChI is InChI=1S/C21H21NO3/c1-21(2,3)17-8-7-15-9-10-22(19(23)18(15)12-17)13-14-5-4-6-16(11-14)20(24)25/h4-12H,13H2,1-3H3,(H,24,25). The zero-order valence-electron chi connectivity index (χ0n) is 14.6. The highest BCUT2D eigenvalue weighted by molar-refractivity contribution is 5.87. The van der Waals surface area contributed by atoms with E-state index in [9.17, 15) is 9.59 Å². The van der Waals surface area contributed by atoms with Gasteiger partial charge in [0, 0.05) is 11.6 Å². The van der Waals surface area contributed by atoms with E-state index in [0.717, 1.165) is 16.5 Å². The fourth-order valence-electron chi connectivity index (χ4n) is 2.87. The maximum Gasteiger partial charge on any atom is 0.335 e. The number of carboxylic acids is 1. The van der Waals surface area contributed by atoms with Gasteiger partial charge >= 0.3 is 5.97 Å². The van der Waals surface area contributed by atoms with E-state index >= 15 is 0 Å². The van der Waals surface area contributed by atoms with Crippen molar-refractivity contribution in [1.82, 2.24) is 4.57 Å². The van der Waals surface area contributed by atoms with Crippen LogP contribution in [0.15, 0.2) is 59.5 Å². The number of hydrogen-bond acceptors (Lipinski definition) is 2. The van der Waals surface area contributed by atoms with E-state index in [4.69, 9.17) is 5.11 Å². The topological polar surface area (TPSA) is 59.3 Å². The zero-order valence-corrected chi connectivity index (χ0v) is 14.6. The second kappa shape index (κ2) is 6.20. The van der Waals surface area contributed by atoms with Crippen LogP contribution in [0.25, 0.3) is 10.8 Å². The first-order valence-corrected chi connectivity index (χ1v) is 8.21. The van der Waals surface area contributed by atoms with Crippen LogP contribution in [0.2, 0.25) is 0 Å². The summed E-state index contributed by atoms with van der Waals surface area (Å²) in [6.45, 7) is 6.70. The quantitative estimate of drug-likeness (QED) is 0.785. The van der Waals surface area contributed by atoms with Crippen LogP contribution in [0.4, 0.5) is 0 Å². The normalized spacial score (nSPS) is 11.6. The van der Waals surface area contributed by atoms with Gasteiger partial charge in [-0.3, -0.25) is 4.79 Å². The molecule has 2 aromatic carbocycles. The van der Waals surface area contributed by atoms with Crippen LogP contribution in [-0.4, -0.2) is 15.6 Å². The Morgan fingerprint density at radius 2 is 1.84 bits per heavy atom. The summed E-state index contributed by atoms with van der Waals surface area (Å²) in [5, 5.41) is 10.7. The molecule has 4 nitrogen and oxygen atoms in total. The summed E-state index contributed by atoms with van der Waals surface area (Å²) in [5.41, 5.74) is 2.03. The number of rotatable bonds is 3. The molecule has 0 saturated heterocycles. The summed E-state index contributed by atoms with van der Waals surface area (Å²) in [6, 6.07) is 14.6. The molecule has 0 aliphatic carbocycles. The van der Waals surface area contributed by atoms with Crippen molar-refractivity contribution < 1.29 is 9.90 Å². The first kappa shape index (κ1) is 17.0. The van der Waals surface area contributed by atoms with Gasteiger partial charge in [0.15, 0.2) is 0 Å². The van der Waals surface area contributed by atoms with Crippen LogP contribution in [0, 0.1) is 0 Å². The number of carbonyl (C=O) groups is 1. The molecule has 0 atom stereocenters. The number of fused-ring (bicyclic) bond motifs is 1. The van der Waals surface area contributed by atoms with Crippen LogP contribution in [0.1, 0.15) is 42.3 Å². The van der Waals surface area contributed by atoms with E-state index in [0.29, 0.717) is 11.9 Å². The number of hydrogen-bond donors (Lipinski definition) is 1. The summed E-state index contributed by atoms with van der Waals surface area (Å²) in [7, 11) is 0. The minimum Gasteiger partial charge on any atom is -0.478 e. The Morgan fingerprint density at radius 1 is 1.08 bits per heavy atom. The lowest BCUT2D eigenvalue weighted by Gasteiger charge is -2.19. The van der Waals surface area contributed by atoms with Gasteiger partial charge in [0.2, 0.25) is 0 Å². The van der Waals surface area contributed by atoms with Crippen molar-refractivity contribution in [2.24, 2.45) is 0 Å². The SMILES string of the molecule is CC(C)(C)c1ccc2ccn(Cc3cccc(C(=O)O)c3)c(=O)c2c1. The second-order valence-corrected chi connectivity index (χ2v) is 7.31. The number of benzene rings is 2. The average molecular weight is 335 g/mol. The summed E-state index contributed by atoms with van der Waals surface area (Å²) < 4.78 is 1.62. The highest BCUT2D eigenvalue weighted by Gasteiger charge is 2.15. The van der Waals surface area contributed by atoms with Gasteiger partial charge < -0.3 is 9.67 Å². The van der Waals surface area contributed by atoms with Gasteiger partial charge in [-0.25, -0.2) is 4.79 Å². The van der Waals surface area contributed by atoms with E-state index in [1.54, 1.807) is 29.0 Å². The van der Waals surface area contributed by atoms with Crippen LogP contribution in [-0.2, 0) is 12.0 Å². The third-order valence-electron chi connectivity index (χ3n) is 4.37. The Morgan fingerprint density at radius 3 is 2.52 bits per heavy atom. The van der Waals surface area contributed by atoms with E-state index in [1.807, 2.05) is 24.3 Å². The van der Waals surface area contributed by atoms with Crippen molar-refractivity contribution >= 4 is 16.7 Å². The van der Waals surface area contributed by atoms with Crippen molar-refractivity contribution in [1.29, 1.82) is 0 Å². The predicted molar refractivity (Wildman–Crippen MR) is 99.4 cm³/mol. The molecule has 0 fully saturated rings. The molecule has 1 heterocycles. The van der Waals surface area contributed by atoms with Gasteiger partial charge in [-0.05, 0) is 46.2 Å². The Balaban J connectivity index is 2.05. The lowest BCUT2D eigenvalue weighted by molar-refractivity contribution is 0.0696. The molecule has 3 rings (SSSR count). The van der Waals surface area contributed by atoms with Crippen molar-refractivity contribution in [2.45, 2.75) is 32.7 Å². The average Bonchev–Trinajstić information content (AvgIpc) is 2.56. The van der Waals surface area contributed by atoms with Crippen LogP contribution in [0.3, 0.4) is 0 Å². The van der Waals surface area contributed by atoms with Gasteiger partial charge in [-0.15, -0.1) is 0 Å². The molecular weight excluding hydrogens is 314 g/mol. The number of aromatic nitrogens is 1. The molecule has 128 valence electrons. The highest BCUT2D eigenvalue weighted by atomic mass is 16.4. The molecule has 0 spiro atoms. The molecule has 0 amide bonds. The molecule has 0 aliphatic rings. The van der Waals surface area contributed by atoms with Crippen LogP contribution < -0.4 is 5.56 Å². The molecule has 1 N–H and O–H groups in total. The summed E-state index contributed by atoms with van der Waals surface area (Å²) in [4.78, 5) is 24.0. The summed E-state index contributed by atoms with van der Waals surface area (Å²) >= 11 is 0. The number of aromatic carboxylic acids is 1. The smallest absolute Gasteiger partial charge is 0.335 e. The highest BCUT2D eigenvalue weighted by Crippen LogP contribution is 2.24. The number of pyridine rings is 1. The third-order valence-corrected chi connectivity index (χ3v) is 4.37. The first-order valence-electron chi connectivity index (χ1n) is 8.21. The molecule has 0 unspecified atom stereocenters. The Kier molecular flexibility index (Phi) is 4.21. The molecule has 1 aromatic heterocycles. The monoisotopic (exact) mass is 335 g/mol. The second-order valence-electron chi connectivity index (χ2n) is 7.31. The molecule has 3 aromatic rings. The maximum absolute atomic E-state index is 12.9. The van der Waals surface area contributed by atoms with Crippen LogP contribution in [0.5, 0.6) is 0 Å². The van der Waals surface area contributed by atoms with E-state index in [-0.39, 0.29) is 16.5 Å². The summed E-state index contributed by atoms with van der Waals surface area (Å²) in [6.07, 6.45) is 1.76. The third kappa shape index (κ3) is 3.48. The fraction of sp³-hybridized carbons (Fsp3) is 0.238. The van der Waals surface area contributed by atoms with Gasteiger partial charge in [0.1, 0.15) is 0 Å². The maximum atomic E-state index is 12.9. The number of nitrogens with zero attached hydrogens (tertiary/aromatic N) is 1. The van der Waals surface area contributed by atoms with E-state index in [1.165, 1.54) is 0 Å². The Hall–Kier alpha value is -2.88. The van der Waals surface area contributed by atoms with E-state index < -0.39 is 5.97 Å². The van der Waals surface area contributed by atoms with Crippen molar-refractivity contribution in [3.8, 4) is 0 Å². The molecule has 0 radical (unpaired) electrons. The van der Waals surface area contributed by atoms with Gasteiger partial charge in [-0.1, -0.05) is 45.0 Å². The van der Waals surface area contributed by atoms with Crippen molar-refractivity contribution in [3.63, 3.8) is 0 Å². The van der Waals surface area contributed by atoms with Crippen molar-refractivity contribution in [3.05, 3.63) is 81.8 Å². The fourth-order valence-corrected chi connectivity index (χ4v) is 2.87. The minimum absolute atomic E-state index is 0.0306. The van der Waals surface area contributed by atoms with Gasteiger partial charge in [0.05, 0.1) is 12.1 Å². The zero-order chi connectivity index (χ0) is 18.2. The molecule has 4 heteroatoms. The minimum atomic E-state index is -0.970. The Bertz CT molecular complexity index is 1010. The Labute approximate surface area is 146 Å². The molecule has 25 heavy (non-hydrogen) atoms. The molecule has 0 saturated carbocycles.